The lowest BCUT2D eigenvalue weighted by Crippen LogP contribution is -2.59. The number of hydrogen-bond acceptors (Lipinski definition) is 8. The Kier molecular flexibility index (Phi) is 7.09. The normalized spacial score (nSPS) is 18.9. The van der Waals surface area contributed by atoms with Gasteiger partial charge in [-0.1, -0.05) is 6.92 Å². The molecule has 6 N–H and O–H groups in total. The van der Waals surface area contributed by atoms with Crippen LogP contribution in [0.15, 0.2) is 10.2 Å². The Morgan fingerprint density at radius 1 is 1.27 bits per heavy atom. The minimum atomic E-state index is -1.72. The van der Waals surface area contributed by atoms with E-state index in [0.717, 1.165) is 0 Å². The molecule has 3 unspecified atom stereocenters. The molecule has 0 radical (unpaired) electrons. The second-order valence-corrected chi connectivity index (χ2v) is 6.53. The number of nitrogens with one attached hydrogen (secondary N) is 2. The highest BCUT2D eigenvalue weighted by Crippen LogP contribution is 2.43. The largest absolute Gasteiger partial charge is 0.480 e. The molecule has 11 nitrogen and oxygen atoms in total. The van der Waals surface area contributed by atoms with Gasteiger partial charge in [0.05, 0.1) is 0 Å². The molecule has 0 saturated carbocycles. The lowest BCUT2D eigenvalue weighted by molar-refractivity contribution is -0.147. The van der Waals surface area contributed by atoms with E-state index in [-0.39, 0.29) is 18.6 Å². The SMILES string of the molecule is CCC(N)(C(=O)O)C(CC(=O)NC(CS)C(=O)NCC(=O)O)C1(C)N=N1. The maximum Gasteiger partial charge on any atom is 0.324 e. The molecule has 0 aliphatic carbocycles. The van der Waals surface area contributed by atoms with Crippen molar-refractivity contribution in [2.75, 3.05) is 12.3 Å². The minimum absolute atomic E-state index is 0.0516. The first kappa shape index (κ1) is 21.8. The molecule has 0 aromatic heterocycles. The van der Waals surface area contributed by atoms with Crippen molar-refractivity contribution in [3.05, 3.63) is 0 Å². The van der Waals surface area contributed by atoms with Crippen molar-refractivity contribution >= 4 is 36.4 Å². The van der Waals surface area contributed by atoms with Crippen LogP contribution in [0.2, 0.25) is 0 Å². The van der Waals surface area contributed by atoms with Crippen LogP contribution in [0.5, 0.6) is 0 Å². The number of carboxylic acids is 2. The zero-order valence-corrected chi connectivity index (χ0v) is 15.3. The molecule has 0 fully saturated rings. The maximum absolute atomic E-state index is 12.4. The molecule has 1 aliphatic heterocycles. The number of amides is 2. The number of carboxylic acid groups (broad SMARTS) is 2. The number of nitrogens with zero attached hydrogens (tertiary/aromatic N) is 2. The molecule has 0 bridgehead atoms. The van der Waals surface area contributed by atoms with Gasteiger partial charge in [0.2, 0.25) is 11.8 Å². The standard InChI is InChI=1S/C14H23N5O6S/c1-3-14(15,12(24)25)8(13(2)18-19-13)4-9(20)17-7(6-26)11(23)16-5-10(21)22/h7-8,26H,3-6,15H2,1-2H3,(H,16,23)(H,17,20)(H,21,22)(H,24,25). The molecule has 3 atom stereocenters. The molecule has 1 rings (SSSR count). The van der Waals surface area contributed by atoms with Crippen LogP contribution in [0, 0.1) is 5.92 Å². The van der Waals surface area contributed by atoms with E-state index in [2.05, 4.69) is 33.5 Å². The second-order valence-electron chi connectivity index (χ2n) is 6.16. The first-order valence-corrected chi connectivity index (χ1v) is 8.49. The predicted molar refractivity (Wildman–Crippen MR) is 92.6 cm³/mol. The number of carbonyl (C=O) groups is 4. The van der Waals surface area contributed by atoms with Crippen molar-refractivity contribution in [2.45, 2.75) is 43.9 Å². The monoisotopic (exact) mass is 389 g/mol. The van der Waals surface area contributed by atoms with Crippen molar-refractivity contribution in [3.63, 3.8) is 0 Å². The summed E-state index contributed by atoms with van der Waals surface area (Å²) in [6, 6.07) is -1.08. The molecule has 1 heterocycles. The van der Waals surface area contributed by atoms with Crippen molar-refractivity contribution < 1.29 is 29.4 Å². The van der Waals surface area contributed by atoms with E-state index in [1.54, 1.807) is 13.8 Å². The van der Waals surface area contributed by atoms with Crippen LogP contribution >= 0.6 is 12.6 Å². The fourth-order valence-corrected chi connectivity index (χ4v) is 2.80. The molecule has 0 aromatic rings. The lowest BCUT2D eigenvalue weighted by Gasteiger charge is -2.34. The molecular formula is C14H23N5O6S. The van der Waals surface area contributed by atoms with E-state index in [0.29, 0.717) is 0 Å². The van der Waals surface area contributed by atoms with E-state index >= 15 is 0 Å². The quantitative estimate of drug-likeness (QED) is 0.244. The van der Waals surface area contributed by atoms with Crippen LogP contribution in [-0.2, 0) is 19.2 Å². The van der Waals surface area contributed by atoms with Crippen molar-refractivity contribution in [3.8, 4) is 0 Å². The number of nitrogens with two attached hydrogens (primary N) is 1. The van der Waals surface area contributed by atoms with Gasteiger partial charge >= 0.3 is 11.9 Å². The maximum atomic E-state index is 12.4. The summed E-state index contributed by atoms with van der Waals surface area (Å²) in [6.07, 6.45) is -0.271. The van der Waals surface area contributed by atoms with Crippen LogP contribution < -0.4 is 16.4 Å². The summed E-state index contributed by atoms with van der Waals surface area (Å²) >= 11 is 3.96. The average Bonchev–Trinajstić information content (AvgIpc) is 3.32. The van der Waals surface area contributed by atoms with E-state index in [1.807, 2.05) is 0 Å². The first-order chi connectivity index (χ1) is 12.0. The molecule has 26 heavy (non-hydrogen) atoms. The summed E-state index contributed by atoms with van der Waals surface area (Å²) < 4.78 is 0. The van der Waals surface area contributed by atoms with Gasteiger partial charge in [0.15, 0.2) is 5.66 Å². The van der Waals surface area contributed by atoms with Crippen LogP contribution in [0.25, 0.3) is 0 Å². The Hall–Kier alpha value is -2.21. The molecule has 12 heteroatoms. The molecular weight excluding hydrogens is 366 g/mol. The Morgan fingerprint density at radius 3 is 2.23 bits per heavy atom. The molecule has 0 spiro atoms. The van der Waals surface area contributed by atoms with Gasteiger partial charge in [0.1, 0.15) is 18.1 Å². The van der Waals surface area contributed by atoms with Gasteiger partial charge in [-0.3, -0.25) is 19.2 Å². The first-order valence-electron chi connectivity index (χ1n) is 7.86. The van der Waals surface area contributed by atoms with E-state index in [4.69, 9.17) is 10.8 Å². The fourth-order valence-electron chi connectivity index (χ4n) is 2.55. The van der Waals surface area contributed by atoms with Crippen molar-refractivity contribution in [1.82, 2.24) is 10.6 Å². The number of hydrogen-bond donors (Lipinski definition) is 6. The molecule has 146 valence electrons. The Morgan fingerprint density at radius 2 is 1.85 bits per heavy atom. The predicted octanol–water partition coefficient (Wildman–Crippen LogP) is -1.02. The summed E-state index contributed by atoms with van der Waals surface area (Å²) in [4.78, 5) is 46.3. The van der Waals surface area contributed by atoms with E-state index in [9.17, 15) is 24.3 Å². The number of carbonyl (C=O) groups excluding carboxylic acids is 2. The molecule has 1 aliphatic rings. The zero-order chi connectivity index (χ0) is 20.1. The Bertz CT molecular complexity index is 621. The van der Waals surface area contributed by atoms with Crippen molar-refractivity contribution in [2.24, 2.45) is 21.9 Å². The topological polar surface area (TPSA) is 184 Å². The third-order valence-electron chi connectivity index (χ3n) is 4.32. The van der Waals surface area contributed by atoms with Crippen LogP contribution in [0.4, 0.5) is 0 Å². The van der Waals surface area contributed by atoms with Gasteiger partial charge in [0, 0.05) is 18.1 Å². The van der Waals surface area contributed by atoms with Crippen molar-refractivity contribution in [1.29, 1.82) is 0 Å². The summed E-state index contributed by atoms with van der Waals surface area (Å²) in [5.74, 6) is -4.85. The van der Waals surface area contributed by atoms with E-state index < -0.39 is 53.5 Å². The van der Waals surface area contributed by atoms with Gasteiger partial charge in [-0.05, 0) is 13.3 Å². The number of rotatable bonds is 11. The summed E-state index contributed by atoms with van der Waals surface area (Å²) in [7, 11) is 0. The third-order valence-corrected chi connectivity index (χ3v) is 4.68. The summed E-state index contributed by atoms with van der Waals surface area (Å²) in [5, 5.41) is 30.2. The summed E-state index contributed by atoms with van der Waals surface area (Å²) in [5.41, 5.74) is 3.20. The minimum Gasteiger partial charge on any atom is -0.480 e. The highest BCUT2D eigenvalue weighted by Gasteiger charge is 2.56. The summed E-state index contributed by atoms with van der Waals surface area (Å²) in [6.45, 7) is 2.56. The number of aliphatic carboxylic acids is 2. The van der Waals surface area contributed by atoms with Gasteiger partial charge in [-0.25, -0.2) is 0 Å². The number of thiol groups is 1. The van der Waals surface area contributed by atoms with Gasteiger partial charge in [-0.2, -0.15) is 22.9 Å². The van der Waals surface area contributed by atoms with Gasteiger partial charge < -0.3 is 26.6 Å². The highest BCUT2D eigenvalue weighted by atomic mass is 32.1. The molecule has 0 aromatic carbocycles. The van der Waals surface area contributed by atoms with Gasteiger partial charge in [-0.15, -0.1) is 0 Å². The Labute approximate surface area is 155 Å². The Balaban J connectivity index is 2.82. The smallest absolute Gasteiger partial charge is 0.324 e. The average molecular weight is 389 g/mol. The zero-order valence-electron chi connectivity index (χ0n) is 14.4. The van der Waals surface area contributed by atoms with E-state index in [1.165, 1.54) is 0 Å². The lowest BCUT2D eigenvalue weighted by atomic mass is 9.74. The third kappa shape index (κ3) is 5.14. The van der Waals surface area contributed by atoms with Gasteiger partial charge in [0.25, 0.3) is 0 Å². The molecule has 2 amide bonds. The van der Waals surface area contributed by atoms with Crippen LogP contribution in [-0.4, -0.2) is 63.5 Å². The van der Waals surface area contributed by atoms with Crippen LogP contribution in [0.3, 0.4) is 0 Å². The second kappa shape index (κ2) is 8.45. The van der Waals surface area contributed by atoms with Crippen LogP contribution in [0.1, 0.15) is 26.7 Å². The fraction of sp³-hybridized carbons (Fsp3) is 0.714. The molecule has 0 saturated heterocycles. The highest BCUT2D eigenvalue weighted by molar-refractivity contribution is 7.80.